The van der Waals surface area contributed by atoms with E-state index in [4.69, 9.17) is 14.2 Å². The largest absolute Gasteiger partial charge is 0.492 e. The maximum absolute atomic E-state index is 13.3. The molecule has 7 nitrogen and oxygen atoms in total. The number of benzene rings is 2. The van der Waals surface area contributed by atoms with Gasteiger partial charge in [-0.05, 0) is 75.3 Å². The van der Waals surface area contributed by atoms with E-state index in [-0.39, 0.29) is 6.09 Å². The lowest BCUT2D eigenvalue weighted by Crippen LogP contribution is -2.40. The Bertz CT molecular complexity index is 1010. The number of carboxylic acid groups (broad SMARTS) is 1. The normalized spacial score (nSPS) is 14.7. The number of aliphatic carboxylic acids is 1. The third kappa shape index (κ3) is 8.78. The Hall–Kier alpha value is -3.06. The van der Waals surface area contributed by atoms with Gasteiger partial charge in [-0.1, -0.05) is 49.1 Å². The van der Waals surface area contributed by atoms with Crippen LogP contribution in [0.4, 0.5) is 4.79 Å². The lowest BCUT2D eigenvalue weighted by molar-refractivity contribution is -0.149. The molecule has 0 spiro atoms. The van der Waals surface area contributed by atoms with E-state index in [0.717, 1.165) is 35.1 Å². The van der Waals surface area contributed by atoms with Crippen molar-refractivity contribution in [3.05, 3.63) is 58.7 Å². The number of ether oxygens (including phenoxy) is 3. The van der Waals surface area contributed by atoms with E-state index >= 15 is 0 Å². The molecule has 1 fully saturated rings. The Morgan fingerprint density at radius 3 is 2.27 bits per heavy atom. The van der Waals surface area contributed by atoms with E-state index in [1.54, 1.807) is 11.8 Å². The average Bonchev–Trinajstić information content (AvgIpc) is 2.86. The van der Waals surface area contributed by atoms with Gasteiger partial charge in [0, 0.05) is 19.6 Å². The molecule has 2 aromatic carbocycles. The summed E-state index contributed by atoms with van der Waals surface area (Å²) < 4.78 is 17.1. The second-order valence-electron chi connectivity index (χ2n) is 10.0. The zero-order chi connectivity index (χ0) is 26.8. The maximum atomic E-state index is 13.3. The molecule has 202 valence electrons. The smallest absolute Gasteiger partial charge is 0.415 e. The van der Waals surface area contributed by atoms with Gasteiger partial charge in [-0.25, -0.2) is 9.59 Å². The van der Waals surface area contributed by atoms with Gasteiger partial charge >= 0.3 is 12.1 Å². The summed E-state index contributed by atoms with van der Waals surface area (Å²) in [6.45, 7) is 9.52. The van der Waals surface area contributed by atoms with Gasteiger partial charge in [0.15, 0.2) is 6.10 Å². The Balaban J connectivity index is 1.61. The summed E-state index contributed by atoms with van der Waals surface area (Å²) in [6, 6.07) is 11.4. The van der Waals surface area contributed by atoms with Crippen LogP contribution in [0.5, 0.6) is 11.5 Å². The van der Waals surface area contributed by atoms with Crippen LogP contribution in [0, 0.1) is 26.7 Å². The van der Waals surface area contributed by atoms with Crippen molar-refractivity contribution in [2.24, 2.45) is 5.92 Å². The molecule has 0 radical (unpaired) electrons. The van der Waals surface area contributed by atoms with Crippen molar-refractivity contribution in [1.29, 1.82) is 0 Å². The molecule has 1 amide bonds. The SMILES string of the molecule is CCOC(Cc1ccc(OCCN(CC2CCCCC2)C(=O)Oc2c(C)cc(C)cc2C)cc1)C(=O)O. The molecular weight excluding hydrogens is 470 g/mol. The minimum Gasteiger partial charge on any atom is -0.492 e. The van der Waals surface area contributed by atoms with Gasteiger partial charge in [-0.15, -0.1) is 0 Å². The summed E-state index contributed by atoms with van der Waals surface area (Å²) in [7, 11) is 0. The first-order valence-corrected chi connectivity index (χ1v) is 13.4. The van der Waals surface area contributed by atoms with E-state index < -0.39 is 12.1 Å². The third-order valence-electron chi connectivity index (χ3n) is 6.87. The highest BCUT2D eigenvalue weighted by atomic mass is 16.6. The topological polar surface area (TPSA) is 85.3 Å². The molecule has 2 aromatic rings. The van der Waals surface area contributed by atoms with Gasteiger partial charge in [0.25, 0.3) is 0 Å². The van der Waals surface area contributed by atoms with E-state index in [1.807, 2.05) is 57.2 Å². The van der Waals surface area contributed by atoms with Crippen LogP contribution in [0.3, 0.4) is 0 Å². The van der Waals surface area contributed by atoms with Crippen molar-refractivity contribution in [2.75, 3.05) is 26.3 Å². The summed E-state index contributed by atoms with van der Waals surface area (Å²) in [5, 5.41) is 9.29. The minimum absolute atomic E-state index is 0.294. The van der Waals surface area contributed by atoms with Crippen LogP contribution in [0.15, 0.2) is 36.4 Å². The first-order valence-electron chi connectivity index (χ1n) is 13.4. The zero-order valence-corrected chi connectivity index (χ0v) is 22.6. The predicted molar refractivity (Wildman–Crippen MR) is 144 cm³/mol. The number of carboxylic acids is 1. The summed E-state index contributed by atoms with van der Waals surface area (Å²) in [5.41, 5.74) is 3.91. The van der Waals surface area contributed by atoms with E-state index in [1.165, 1.54) is 19.3 Å². The molecule has 0 aromatic heterocycles. The maximum Gasteiger partial charge on any atom is 0.415 e. The van der Waals surface area contributed by atoms with E-state index in [2.05, 4.69) is 0 Å². The highest BCUT2D eigenvalue weighted by Crippen LogP contribution is 2.27. The number of amides is 1. The van der Waals surface area contributed by atoms with Crippen molar-refractivity contribution in [1.82, 2.24) is 4.90 Å². The van der Waals surface area contributed by atoms with Crippen molar-refractivity contribution in [3.63, 3.8) is 0 Å². The molecule has 1 aliphatic rings. The molecule has 3 rings (SSSR count). The van der Waals surface area contributed by atoms with Crippen LogP contribution < -0.4 is 9.47 Å². The Morgan fingerprint density at radius 2 is 1.68 bits per heavy atom. The average molecular weight is 512 g/mol. The summed E-state index contributed by atoms with van der Waals surface area (Å²) in [6.07, 6.45) is 5.04. The number of hydrogen-bond acceptors (Lipinski definition) is 5. The molecule has 1 N–H and O–H groups in total. The van der Waals surface area contributed by atoms with Gasteiger partial charge in [0.1, 0.15) is 18.1 Å². The molecule has 0 bridgehead atoms. The van der Waals surface area contributed by atoms with Crippen LogP contribution in [0.25, 0.3) is 0 Å². The molecule has 0 heterocycles. The second-order valence-corrected chi connectivity index (χ2v) is 10.0. The molecule has 0 aliphatic heterocycles. The van der Waals surface area contributed by atoms with Crippen molar-refractivity contribution >= 4 is 12.1 Å². The molecule has 1 unspecified atom stereocenters. The van der Waals surface area contributed by atoms with Gasteiger partial charge < -0.3 is 24.2 Å². The highest BCUT2D eigenvalue weighted by Gasteiger charge is 2.24. The molecule has 7 heteroatoms. The lowest BCUT2D eigenvalue weighted by Gasteiger charge is -2.29. The number of carbonyl (C=O) groups is 2. The number of nitrogens with zero attached hydrogens (tertiary/aromatic N) is 1. The molecule has 1 aliphatic carbocycles. The predicted octanol–water partition coefficient (Wildman–Crippen LogP) is 6.10. The summed E-state index contributed by atoms with van der Waals surface area (Å²) in [4.78, 5) is 26.4. The van der Waals surface area contributed by atoms with Gasteiger partial charge in [-0.2, -0.15) is 0 Å². The number of rotatable bonds is 12. The number of aryl methyl sites for hydroxylation is 3. The van der Waals surface area contributed by atoms with Gasteiger partial charge in [0.2, 0.25) is 0 Å². The Morgan fingerprint density at radius 1 is 1.03 bits per heavy atom. The molecule has 0 saturated heterocycles. The number of carbonyl (C=O) groups excluding carboxylic acids is 1. The van der Waals surface area contributed by atoms with E-state index in [9.17, 15) is 14.7 Å². The summed E-state index contributed by atoms with van der Waals surface area (Å²) >= 11 is 0. The van der Waals surface area contributed by atoms with Crippen LogP contribution in [0.1, 0.15) is 61.3 Å². The number of hydrogen-bond donors (Lipinski definition) is 1. The van der Waals surface area contributed by atoms with Crippen LogP contribution >= 0.6 is 0 Å². The molecule has 1 atom stereocenters. The third-order valence-corrected chi connectivity index (χ3v) is 6.87. The zero-order valence-electron chi connectivity index (χ0n) is 22.6. The van der Waals surface area contributed by atoms with Crippen molar-refractivity contribution in [2.45, 2.75) is 72.3 Å². The second kappa shape index (κ2) is 14.0. The molecule has 37 heavy (non-hydrogen) atoms. The fourth-order valence-electron chi connectivity index (χ4n) is 5.05. The van der Waals surface area contributed by atoms with Crippen LogP contribution in [-0.4, -0.2) is 54.5 Å². The van der Waals surface area contributed by atoms with Gasteiger partial charge in [-0.3, -0.25) is 0 Å². The highest BCUT2D eigenvalue weighted by molar-refractivity contribution is 5.73. The standard InChI is InChI=1S/C30H41NO6/c1-5-35-27(29(32)33)19-24-11-13-26(14-12-24)36-16-15-31(20-25-9-7-6-8-10-25)30(34)37-28-22(3)17-21(2)18-23(28)4/h11-14,17-18,25,27H,5-10,15-16,19-20H2,1-4H3,(H,32,33). The Kier molecular flexibility index (Phi) is 10.8. The fourth-order valence-corrected chi connectivity index (χ4v) is 5.05. The fraction of sp³-hybridized carbons (Fsp3) is 0.533. The quantitative estimate of drug-likeness (QED) is 0.370. The molecule has 1 saturated carbocycles. The van der Waals surface area contributed by atoms with Crippen molar-refractivity contribution in [3.8, 4) is 11.5 Å². The van der Waals surface area contributed by atoms with Crippen molar-refractivity contribution < 1.29 is 28.9 Å². The van der Waals surface area contributed by atoms with Crippen LogP contribution in [-0.2, 0) is 16.0 Å². The Labute approximate surface area is 220 Å². The monoisotopic (exact) mass is 511 g/mol. The summed E-state index contributed by atoms with van der Waals surface area (Å²) in [5.74, 6) is 0.812. The van der Waals surface area contributed by atoms with Gasteiger partial charge in [0.05, 0.1) is 6.54 Å². The first kappa shape index (κ1) is 28.5. The first-order chi connectivity index (χ1) is 17.8. The lowest BCUT2D eigenvalue weighted by atomic mass is 9.89. The molecular formula is C30H41NO6. The minimum atomic E-state index is -0.969. The van der Waals surface area contributed by atoms with Crippen LogP contribution in [0.2, 0.25) is 0 Å². The van der Waals surface area contributed by atoms with E-state index in [0.29, 0.717) is 50.1 Å².